The normalized spacial score (nSPS) is 16.7. The number of rotatable bonds is 5. The molecule has 1 fully saturated rings. The van der Waals surface area contributed by atoms with E-state index in [1.54, 1.807) is 16.2 Å². The van der Waals surface area contributed by atoms with Crippen LogP contribution >= 0.6 is 11.3 Å². The molecule has 1 aliphatic heterocycles. The number of amides is 1. The molecule has 0 aliphatic carbocycles. The van der Waals surface area contributed by atoms with Crippen LogP contribution in [0.2, 0.25) is 0 Å². The number of ether oxygens (including phenoxy) is 1. The molecule has 0 spiro atoms. The van der Waals surface area contributed by atoms with Gasteiger partial charge in [0.15, 0.2) is 0 Å². The summed E-state index contributed by atoms with van der Waals surface area (Å²) in [5.41, 5.74) is 2.36. The van der Waals surface area contributed by atoms with Crippen molar-refractivity contribution in [1.82, 2.24) is 9.88 Å². The van der Waals surface area contributed by atoms with Gasteiger partial charge in [0.05, 0.1) is 13.1 Å². The number of thiophene rings is 1. The standard InChI is InChI=1S/C21H22N2O3S/c1-14-6-7-15-11-16(20(24)22-18(15)10-14)12-23(13-17-4-3-9-27-17)21(25)19-5-2-8-26-19/h3-4,6-7,9-11,19H,2,5,8,12-13H2,1H3,(H,22,24). The number of benzene rings is 1. The molecule has 2 aromatic heterocycles. The van der Waals surface area contributed by atoms with Crippen LogP contribution in [-0.2, 0) is 22.6 Å². The summed E-state index contributed by atoms with van der Waals surface area (Å²) < 4.78 is 5.59. The minimum absolute atomic E-state index is 0.0377. The second-order valence-corrected chi connectivity index (χ2v) is 8.02. The number of carbonyl (C=O) groups is 1. The smallest absolute Gasteiger partial charge is 0.253 e. The van der Waals surface area contributed by atoms with Gasteiger partial charge in [-0.1, -0.05) is 18.2 Å². The van der Waals surface area contributed by atoms with E-state index < -0.39 is 6.10 Å². The van der Waals surface area contributed by atoms with Gasteiger partial charge < -0.3 is 14.6 Å². The van der Waals surface area contributed by atoms with Crippen LogP contribution in [0.1, 0.15) is 28.8 Å². The zero-order valence-corrected chi connectivity index (χ0v) is 16.1. The van der Waals surface area contributed by atoms with E-state index in [4.69, 9.17) is 4.74 Å². The number of nitrogens with zero attached hydrogens (tertiary/aromatic N) is 1. The van der Waals surface area contributed by atoms with E-state index in [2.05, 4.69) is 4.98 Å². The maximum Gasteiger partial charge on any atom is 0.253 e. The summed E-state index contributed by atoms with van der Waals surface area (Å²) in [6, 6.07) is 11.8. The fourth-order valence-corrected chi connectivity index (χ4v) is 4.18. The van der Waals surface area contributed by atoms with Crippen LogP contribution in [-0.4, -0.2) is 28.5 Å². The van der Waals surface area contributed by atoms with E-state index in [0.717, 1.165) is 34.2 Å². The average molecular weight is 382 g/mol. The predicted octanol–water partition coefficient (Wildman–Crippen LogP) is 3.61. The molecule has 1 amide bonds. The van der Waals surface area contributed by atoms with Gasteiger partial charge in [0, 0.05) is 22.6 Å². The molecule has 1 N–H and O–H groups in total. The van der Waals surface area contributed by atoms with Crippen molar-refractivity contribution in [2.75, 3.05) is 6.61 Å². The molecule has 1 saturated heterocycles. The number of nitrogens with one attached hydrogen (secondary N) is 1. The summed E-state index contributed by atoms with van der Waals surface area (Å²) in [5.74, 6) is -0.0377. The summed E-state index contributed by atoms with van der Waals surface area (Å²) in [6.07, 6.45) is 1.25. The van der Waals surface area contributed by atoms with Crippen molar-refractivity contribution in [3.05, 3.63) is 68.1 Å². The number of H-pyrrole nitrogens is 1. The second-order valence-electron chi connectivity index (χ2n) is 6.99. The van der Waals surface area contributed by atoms with Crippen LogP contribution in [0.3, 0.4) is 0 Å². The maximum absolute atomic E-state index is 13.0. The largest absolute Gasteiger partial charge is 0.368 e. The molecule has 5 nitrogen and oxygen atoms in total. The van der Waals surface area contributed by atoms with Gasteiger partial charge in [-0.15, -0.1) is 11.3 Å². The molecule has 4 rings (SSSR count). The third-order valence-corrected chi connectivity index (χ3v) is 5.74. The molecule has 3 heterocycles. The van der Waals surface area contributed by atoms with Crippen LogP contribution in [0, 0.1) is 6.92 Å². The van der Waals surface area contributed by atoms with Crippen LogP contribution in [0.4, 0.5) is 0 Å². The minimum atomic E-state index is -0.396. The first-order valence-corrected chi connectivity index (χ1v) is 10.0. The molecule has 27 heavy (non-hydrogen) atoms. The third kappa shape index (κ3) is 3.96. The Balaban J connectivity index is 1.64. The number of aromatic amines is 1. The van der Waals surface area contributed by atoms with Crippen molar-refractivity contribution < 1.29 is 9.53 Å². The Bertz CT molecular complexity index is 1000. The average Bonchev–Trinajstić information content (AvgIpc) is 3.35. The molecule has 0 bridgehead atoms. The molecule has 1 unspecified atom stereocenters. The van der Waals surface area contributed by atoms with Gasteiger partial charge in [-0.05, 0) is 54.3 Å². The van der Waals surface area contributed by atoms with Gasteiger partial charge in [0.2, 0.25) is 0 Å². The molecular weight excluding hydrogens is 360 g/mol. The number of carbonyl (C=O) groups excluding carboxylic acids is 1. The van der Waals surface area contributed by atoms with Crippen LogP contribution in [0.25, 0.3) is 10.9 Å². The van der Waals surface area contributed by atoms with E-state index in [0.29, 0.717) is 18.7 Å². The first-order chi connectivity index (χ1) is 13.1. The Morgan fingerprint density at radius 2 is 2.19 bits per heavy atom. The highest BCUT2D eigenvalue weighted by Crippen LogP contribution is 2.21. The van der Waals surface area contributed by atoms with Gasteiger partial charge in [0.1, 0.15) is 6.10 Å². The van der Waals surface area contributed by atoms with E-state index in [9.17, 15) is 9.59 Å². The molecule has 140 valence electrons. The van der Waals surface area contributed by atoms with Crippen molar-refractivity contribution in [3.63, 3.8) is 0 Å². The highest BCUT2D eigenvalue weighted by molar-refractivity contribution is 7.09. The molecule has 0 saturated carbocycles. The topological polar surface area (TPSA) is 62.4 Å². The first-order valence-electron chi connectivity index (χ1n) is 9.15. The number of hydrogen-bond donors (Lipinski definition) is 1. The Hall–Kier alpha value is -2.44. The van der Waals surface area contributed by atoms with Crippen LogP contribution in [0.5, 0.6) is 0 Å². The first kappa shape index (κ1) is 17.9. The van der Waals surface area contributed by atoms with Gasteiger partial charge in [0.25, 0.3) is 11.5 Å². The van der Waals surface area contributed by atoms with Crippen molar-refractivity contribution in [2.45, 2.75) is 39.0 Å². The predicted molar refractivity (Wildman–Crippen MR) is 107 cm³/mol. The molecule has 1 aliphatic rings. The van der Waals surface area contributed by atoms with Crippen molar-refractivity contribution in [1.29, 1.82) is 0 Å². The lowest BCUT2D eigenvalue weighted by Gasteiger charge is -2.25. The molecule has 6 heteroatoms. The van der Waals surface area contributed by atoms with Crippen LogP contribution < -0.4 is 5.56 Å². The summed E-state index contributed by atoms with van der Waals surface area (Å²) in [6.45, 7) is 3.38. The summed E-state index contributed by atoms with van der Waals surface area (Å²) >= 11 is 1.61. The Kier molecular flexibility index (Phi) is 5.09. The van der Waals surface area contributed by atoms with E-state index >= 15 is 0 Å². The Morgan fingerprint density at radius 1 is 1.30 bits per heavy atom. The minimum Gasteiger partial charge on any atom is -0.368 e. The monoisotopic (exact) mass is 382 g/mol. The lowest BCUT2D eigenvalue weighted by molar-refractivity contribution is -0.142. The SMILES string of the molecule is Cc1ccc2cc(CN(Cc3cccs3)C(=O)C3CCCO3)c(=O)[nH]c2c1. The maximum atomic E-state index is 13.0. The van der Waals surface area contributed by atoms with Crippen molar-refractivity contribution in [2.24, 2.45) is 0 Å². The Labute approximate surface area is 161 Å². The quantitative estimate of drug-likeness (QED) is 0.733. The molecule has 1 aromatic carbocycles. The number of aryl methyl sites for hydroxylation is 1. The lowest BCUT2D eigenvalue weighted by Crippen LogP contribution is -2.39. The van der Waals surface area contributed by atoms with Gasteiger partial charge >= 0.3 is 0 Å². The lowest BCUT2D eigenvalue weighted by atomic mass is 10.1. The fraction of sp³-hybridized carbons (Fsp3) is 0.333. The molecule has 3 aromatic rings. The van der Waals surface area contributed by atoms with E-state index in [1.807, 2.05) is 48.7 Å². The van der Waals surface area contributed by atoms with Gasteiger partial charge in [-0.2, -0.15) is 0 Å². The van der Waals surface area contributed by atoms with Crippen LogP contribution in [0.15, 0.2) is 46.6 Å². The van der Waals surface area contributed by atoms with Gasteiger partial charge in [-0.25, -0.2) is 0 Å². The summed E-state index contributed by atoms with van der Waals surface area (Å²) in [4.78, 5) is 31.4. The number of aromatic nitrogens is 1. The fourth-order valence-electron chi connectivity index (χ4n) is 3.46. The second kappa shape index (κ2) is 7.66. The molecular formula is C21H22N2O3S. The number of fused-ring (bicyclic) bond motifs is 1. The van der Waals surface area contributed by atoms with Crippen molar-refractivity contribution in [3.8, 4) is 0 Å². The zero-order chi connectivity index (χ0) is 18.8. The summed E-state index contributed by atoms with van der Waals surface area (Å²) in [5, 5.41) is 2.96. The highest BCUT2D eigenvalue weighted by atomic mass is 32.1. The zero-order valence-electron chi connectivity index (χ0n) is 15.2. The summed E-state index contributed by atoms with van der Waals surface area (Å²) in [7, 11) is 0. The van der Waals surface area contributed by atoms with Gasteiger partial charge in [-0.3, -0.25) is 9.59 Å². The highest BCUT2D eigenvalue weighted by Gasteiger charge is 2.29. The third-order valence-electron chi connectivity index (χ3n) is 4.88. The van der Waals surface area contributed by atoms with E-state index in [-0.39, 0.29) is 18.0 Å². The number of hydrogen-bond acceptors (Lipinski definition) is 4. The Morgan fingerprint density at radius 3 is 2.93 bits per heavy atom. The molecule has 0 radical (unpaired) electrons. The van der Waals surface area contributed by atoms with Crippen molar-refractivity contribution >= 4 is 28.1 Å². The number of pyridine rings is 1. The van der Waals surface area contributed by atoms with E-state index in [1.165, 1.54) is 0 Å². The molecule has 1 atom stereocenters.